The van der Waals surface area contributed by atoms with Crippen LogP contribution in [0.3, 0.4) is 0 Å². The van der Waals surface area contributed by atoms with Gasteiger partial charge in [0.05, 0.1) is 5.52 Å². The number of nitrogens with zero attached hydrogens (tertiary/aromatic N) is 1. The number of carboxylic acid groups (broad SMARTS) is 1. The number of hydrogen-bond acceptors (Lipinski definition) is 2. The zero-order valence-corrected chi connectivity index (χ0v) is 12.5. The maximum Gasteiger partial charge on any atom is 0.326 e. The summed E-state index contributed by atoms with van der Waals surface area (Å²) in [6.45, 7) is 3.74. The number of aromatic nitrogens is 1. The molecule has 0 aliphatic carbocycles. The van der Waals surface area contributed by atoms with Crippen molar-refractivity contribution in [3.8, 4) is 0 Å². The predicted octanol–water partition coefficient (Wildman–Crippen LogP) is 2.40. The number of rotatable bonds is 6. The van der Waals surface area contributed by atoms with Gasteiger partial charge < -0.3 is 15.0 Å². The summed E-state index contributed by atoms with van der Waals surface area (Å²) in [7, 11) is 0. The Morgan fingerprint density at radius 1 is 1.32 bits per heavy atom. The van der Waals surface area contributed by atoms with Gasteiger partial charge in [-0.15, -0.1) is 0 Å². The fourth-order valence-corrected chi connectivity index (χ4v) is 2.38. The summed E-state index contributed by atoms with van der Waals surface area (Å²) in [4.78, 5) is 23.2. The van der Waals surface area contributed by atoms with Crippen LogP contribution in [-0.2, 0) is 16.1 Å². The van der Waals surface area contributed by atoms with Crippen molar-refractivity contribution in [2.45, 2.75) is 32.9 Å². The molecular weight excluding hydrogens is 287 g/mol. The smallest absolute Gasteiger partial charge is 0.326 e. The summed E-state index contributed by atoms with van der Waals surface area (Å²) in [5.41, 5.74) is 0.603. The molecule has 1 aromatic heterocycles. The van der Waals surface area contributed by atoms with Crippen molar-refractivity contribution in [3.63, 3.8) is 0 Å². The second kappa shape index (κ2) is 6.60. The minimum Gasteiger partial charge on any atom is -0.480 e. The number of carbonyl (C=O) groups is 2. The maximum absolute atomic E-state index is 13.3. The number of aliphatic carboxylic acids is 1. The molecule has 1 atom stereocenters. The molecule has 5 nitrogen and oxygen atoms in total. The lowest BCUT2D eigenvalue weighted by molar-refractivity contribution is -0.142. The SMILES string of the molecule is CC(C)CC(NC(=O)Cn1ccc2ccc(F)cc21)C(=O)O. The standard InChI is InChI=1S/C16H19FN2O3/c1-10(2)7-13(16(21)22)18-15(20)9-19-6-5-11-3-4-12(17)8-14(11)19/h3-6,8,10,13H,7,9H2,1-2H3,(H,18,20)(H,21,22). The Morgan fingerprint density at radius 3 is 2.68 bits per heavy atom. The van der Waals surface area contributed by atoms with Gasteiger partial charge in [-0.2, -0.15) is 0 Å². The van der Waals surface area contributed by atoms with E-state index in [2.05, 4.69) is 5.32 Å². The zero-order chi connectivity index (χ0) is 16.3. The first-order valence-corrected chi connectivity index (χ1v) is 7.13. The van der Waals surface area contributed by atoms with Crippen LogP contribution in [0.2, 0.25) is 0 Å². The van der Waals surface area contributed by atoms with Crippen molar-refractivity contribution in [1.29, 1.82) is 0 Å². The number of carboxylic acids is 1. The van der Waals surface area contributed by atoms with Gasteiger partial charge in [-0.05, 0) is 42.0 Å². The first kappa shape index (κ1) is 16.0. The number of halogens is 1. The van der Waals surface area contributed by atoms with Gasteiger partial charge in [0.15, 0.2) is 0 Å². The van der Waals surface area contributed by atoms with Gasteiger partial charge in [0.25, 0.3) is 0 Å². The van der Waals surface area contributed by atoms with Crippen molar-refractivity contribution >= 4 is 22.8 Å². The molecule has 2 N–H and O–H groups in total. The molecule has 0 radical (unpaired) electrons. The third kappa shape index (κ3) is 3.84. The molecule has 0 bridgehead atoms. The average molecular weight is 306 g/mol. The van der Waals surface area contributed by atoms with Crippen LogP contribution in [-0.4, -0.2) is 27.6 Å². The molecule has 1 amide bonds. The molecule has 118 valence electrons. The van der Waals surface area contributed by atoms with Gasteiger partial charge in [-0.3, -0.25) is 4.79 Å². The number of benzene rings is 1. The van der Waals surface area contributed by atoms with Crippen molar-refractivity contribution in [2.75, 3.05) is 0 Å². The third-order valence-corrected chi connectivity index (χ3v) is 3.39. The number of amides is 1. The molecule has 0 aliphatic rings. The molecule has 22 heavy (non-hydrogen) atoms. The van der Waals surface area contributed by atoms with E-state index >= 15 is 0 Å². The third-order valence-electron chi connectivity index (χ3n) is 3.39. The Bertz CT molecular complexity index is 694. The predicted molar refractivity (Wildman–Crippen MR) is 80.9 cm³/mol. The Kier molecular flexibility index (Phi) is 4.80. The van der Waals surface area contributed by atoms with E-state index in [4.69, 9.17) is 5.11 Å². The molecule has 1 unspecified atom stereocenters. The molecule has 1 aromatic carbocycles. The normalized spacial score (nSPS) is 12.5. The summed E-state index contributed by atoms with van der Waals surface area (Å²) in [5.74, 6) is -1.68. The highest BCUT2D eigenvalue weighted by atomic mass is 19.1. The highest BCUT2D eigenvalue weighted by Crippen LogP contribution is 2.17. The van der Waals surface area contributed by atoms with Crippen molar-refractivity contribution < 1.29 is 19.1 Å². The average Bonchev–Trinajstić information content (AvgIpc) is 2.80. The fraction of sp³-hybridized carbons (Fsp3) is 0.375. The van der Waals surface area contributed by atoms with Crippen molar-refractivity contribution in [1.82, 2.24) is 9.88 Å². The highest BCUT2D eigenvalue weighted by Gasteiger charge is 2.21. The van der Waals surface area contributed by atoms with Gasteiger partial charge in [0, 0.05) is 6.20 Å². The second-order valence-corrected chi connectivity index (χ2v) is 5.73. The highest BCUT2D eigenvalue weighted by molar-refractivity contribution is 5.86. The summed E-state index contributed by atoms with van der Waals surface area (Å²) in [6, 6.07) is 5.22. The molecule has 0 saturated heterocycles. The lowest BCUT2D eigenvalue weighted by Crippen LogP contribution is -2.43. The summed E-state index contributed by atoms with van der Waals surface area (Å²) in [6.07, 6.45) is 2.05. The number of nitrogens with one attached hydrogen (secondary N) is 1. The van der Waals surface area contributed by atoms with E-state index in [0.717, 1.165) is 5.39 Å². The number of carbonyl (C=O) groups excluding carboxylic acids is 1. The van der Waals surface area contributed by atoms with E-state index in [1.165, 1.54) is 12.1 Å². The first-order valence-electron chi connectivity index (χ1n) is 7.13. The van der Waals surface area contributed by atoms with E-state index in [1.54, 1.807) is 22.9 Å². The minimum atomic E-state index is -1.05. The van der Waals surface area contributed by atoms with E-state index in [0.29, 0.717) is 11.9 Å². The Labute approximate surface area is 127 Å². The summed E-state index contributed by atoms with van der Waals surface area (Å²) < 4.78 is 14.9. The van der Waals surface area contributed by atoms with Crippen LogP contribution in [0, 0.1) is 11.7 Å². The lowest BCUT2D eigenvalue weighted by atomic mass is 10.0. The van der Waals surface area contributed by atoms with Crippen LogP contribution in [0.25, 0.3) is 10.9 Å². The van der Waals surface area contributed by atoms with Gasteiger partial charge in [-0.1, -0.05) is 13.8 Å². The van der Waals surface area contributed by atoms with Crippen LogP contribution in [0.4, 0.5) is 4.39 Å². The molecule has 0 aliphatic heterocycles. The Hall–Kier alpha value is -2.37. The molecule has 6 heteroatoms. The zero-order valence-electron chi connectivity index (χ0n) is 12.5. The topological polar surface area (TPSA) is 71.3 Å². The van der Waals surface area contributed by atoms with E-state index in [9.17, 15) is 14.0 Å². The molecule has 1 heterocycles. The van der Waals surface area contributed by atoms with Crippen LogP contribution < -0.4 is 5.32 Å². The lowest BCUT2D eigenvalue weighted by Gasteiger charge is -2.17. The fourth-order valence-electron chi connectivity index (χ4n) is 2.38. The molecule has 2 aromatic rings. The number of hydrogen-bond donors (Lipinski definition) is 2. The van der Waals surface area contributed by atoms with Crippen LogP contribution in [0.1, 0.15) is 20.3 Å². The van der Waals surface area contributed by atoms with Crippen LogP contribution >= 0.6 is 0 Å². The Balaban J connectivity index is 2.10. The van der Waals surface area contributed by atoms with E-state index in [-0.39, 0.29) is 18.3 Å². The van der Waals surface area contributed by atoms with Crippen LogP contribution in [0.5, 0.6) is 0 Å². The quantitative estimate of drug-likeness (QED) is 0.861. The molecular formula is C16H19FN2O3. The number of fused-ring (bicyclic) bond motifs is 1. The van der Waals surface area contributed by atoms with E-state index in [1.807, 2.05) is 13.8 Å². The molecule has 2 rings (SSSR count). The minimum absolute atomic E-state index is 0.0468. The second-order valence-electron chi connectivity index (χ2n) is 5.73. The van der Waals surface area contributed by atoms with Gasteiger partial charge in [0.1, 0.15) is 18.4 Å². The van der Waals surface area contributed by atoms with Gasteiger partial charge in [0.2, 0.25) is 5.91 Å². The maximum atomic E-state index is 13.3. The Morgan fingerprint density at radius 2 is 2.05 bits per heavy atom. The first-order chi connectivity index (χ1) is 10.4. The van der Waals surface area contributed by atoms with Crippen molar-refractivity contribution in [2.24, 2.45) is 5.92 Å². The molecule has 0 fully saturated rings. The molecule has 0 saturated carbocycles. The van der Waals surface area contributed by atoms with Gasteiger partial charge in [-0.25, -0.2) is 9.18 Å². The largest absolute Gasteiger partial charge is 0.480 e. The summed E-state index contributed by atoms with van der Waals surface area (Å²) in [5, 5.41) is 12.5. The van der Waals surface area contributed by atoms with E-state index < -0.39 is 17.9 Å². The monoisotopic (exact) mass is 306 g/mol. The summed E-state index contributed by atoms with van der Waals surface area (Å²) >= 11 is 0. The van der Waals surface area contributed by atoms with Crippen molar-refractivity contribution in [3.05, 3.63) is 36.3 Å². The van der Waals surface area contributed by atoms with Gasteiger partial charge >= 0.3 is 5.97 Å². The molecule has 0 spiro atoms. The van der Waals surface area contributed by atoms with Crippen LogP contribution in [0.15, 0.2) is 30.5 Å².